The molecule has 0 aliphatic heterocycles. The van der Waals surface area contributed by atoms with Gasteiger partial charge in [-0.15, -0.1) is 0 Å². The van der Waals surface area contributed by atoms with E-state index in [1.54, 1.807) is 13.3 Å². The molecule has 0 aliphatic rings. The van der Waals surface area contributed by atoms with E-state index in [9.17, 15) is 0 Å². The van der Waals surface area contributed by atoms with Gasteiger partial charge in [-0.3, -0.25) is 0 Å². The van der Waals surface area contributed by atoms with Crippen molar-refractivity contribution in [2.24, 2.45) is 0 Å². The maximum Gasteiger partial charge on any atom is 0.227 e. The third kappa shape index (κ3) is 3.23. The average Bonchev–Trinajstić information content (AvgIpc) is 2.57. The molecule has 4 heteroatoms. The van der Waals surface area contributed by atoms with Crippen molar-refractivity contribution < 1.29 is 4.74 Å². The molecule has 0 saturated heterocycles. The maximum absolute atomic E-state index is 5.25. The van der Waals surface area contributed by atoms with Gasteiger partial charge in [-0.05, 0) is 37.3 Å². The van der Waals surface area contributed by atoms with E-state index in [1.165, 1.54) is 5.56 Å². The lowest BCUT2D eigenvalue weighted by Crippen LogP contribution is -1.98. The first-order chi connectivity index (χ1) is 10.7. The maximum atomic E-state index is 5.25. The van der Waals surface area contributed by atoms with E-state index >= 15 is 0 Å². The van der Waals surface area contributed by atoms with Gasteiger partial charge in [-0.2, -0.15) is 0 Å². The van der Waals surface area contributed by atoms with Crippen LogP contribution in [0.5, 0.6) is 5.75 Å². The van der Waals surface area contributed by atoms with Crippen LogP contribution in [-0.2, 0) is 0 Å². The highest BCUT2D eigenvalue weighted by Crippen LogP contribution is 2.23. The van der Waals surface area contributed by atoms with Crippen molar-refractivity contribution in [3.63, 3.8) is 0 Å². The van der Waals surface area contributed by atoms with Gasteiger partial charge in [-0.25, -0.2) is 9.97 Å². The summed E-state index contributed by atoms with van der Waals surface area (Å²) in [6.07, 6.45) is 1.75. The Bertz CT molecular complexity index is 769. The lowest BCUT2D eigenvalue weighted by molar-refractivity contribution is 0.415. The van der Waals surface area contributed by atoms with E-state index in [0.29, 0.717) is 5.95 Å². The van der Waals surface area contributed by atoms with Crippen molar-refractivity contribution in [1.29, 1.82) is 0 Å². The molecule has 1 N–H and O–H groups in total. The highest BCUT2D eigenvalue weighted by Gasteiger charge is 2.04. The first-order valence-electron chi connectivity index (χ1n) is 7.06. The minimum Gasteiger partial charge on any atom is -0.497 e. The summed E-state index contributed by atoms with van der Waals surface area (Å²) in [4.78, 5) is 8.83. The van der Waals surface area contributed by atoms with Crippen molar-refractivity contribution in [2.75, 3.05) is 12.4 Å². The predicted molar refractivity (Wildman–Crippen MR) is 88.5 cm³/mol. The molecule has 0 bridgehead atoms. The molecule has 0 atom stereocenters. The van der Waals surface area contributed by atoms with Gasteiger partial charge >= 0.3 is 0 Å². The Morgan fingerprint density at radius 2 is 1.82 bits per heavy atom. The quantitative estimate of drug-likeness (QED) is 0.782. The SMILES string of the molecule is COc1cccc(-c2ccnc(Nc3ccc(C)cc3)n2)c1. The molecule has 0 amide bonds. The van der Waals surface area contributed by atoms with Crippen LogP contribution in [0.4, 0.5) is 11.6 Å². The second kappa shape index (κ2) is 6.26. The summed E-state index contributed by atoms with van der Waals surface area (Å²) in [5.74, 6) is 1.38. The molecule has 0 radical (unpaired) electrons. The number of anilines is 2. The van der Waals surface area contributed by atoms with E-state index < -0.39 is 0 Å². The van der Waals surface area contributed by atoms with Crippen LogP contribution < -0.4 is 10.1 Å². The van der Waals surface area contributed by atoms with Gasteiger partial charge in [0.15, 0.2) is 0 Å². The smallest absolute Gasteiger partial charge is 0.227 e. The first kappa shape index (κ1) is 14.1. The van der Waals surface area contributed by atoms with Crippen LogP contribution in [0.25, 0.3) is 11.3 Å². The Morgan fingerprint density at radius 1 is 1.00 bits per heavy atom. The van der Waals surface area contributed by atoms with Crippen molar-refractivity contribution >= 4 is 11.6 Å². The molecular weight excluding hydrogens is 274 g/mol. The molecule has 4 nitrogen and oxygen atoms in total. The van der Waals surface area contributed by atoms with Gasteiger partial charge in [-0.1, -0.05) is 29.8 Å². The number of hydrogen-bond donors (Lipinski definition) is 1. The number of nitrogens with zero attached hydrogens (tertiary/aromatic N) is 2. The van der Waals surface area contributed by atoms with Gasteiger partial charge in [0.05, 0.1) is 12.8 Å². The first-order valence-corrected chi connectivity index (χ1v) is 7.06. The molecule has 0 saturated carbocycles. The van der Waals surface area contributed by atoms with E-state index in [4.69, 9.17) is 4.74 Å². The summed E-state index contributed by atoms with van der Waals surface area (Å²) in [7, 11) is 1.66. The average molecular weight is 291 g/mol. The third-order valence-corrected chi connectivity index (χ3v) is 3.33. The Hall–Kier alpha value is -2.88. The van der Waals surface area contributed by atoms with Crippen LogP contribution in [0.15, 0.2) is 60.8 Å². The predicted octanol–water partition coefficient (Wildman–Crippen LogP) is 4.20. The number of rotatable bonds is 4. The van der Waals surface area contributed by atoms with Crippen LogP contribution in [0, 0.1) is 6.92 Å². The molecule has 0 aliphatic carbocycles. The monoisotopic (exact) mass is 291 g/mol. The van der Waals surface area contributed by atoms with Gasteiger partial charge in [0, 0.05) is 17.4 Å². The van der Waals surface area contributed by atoms with Crippen molar-refractivity contribution in [2.45, 2.75) is 6.92 Å². The highest BCUT2D eigenvalue weighted by atomic mass is 16.5. The van der Waals surface area contributed by atoms with Gasteiger partial charge < -0.3 is 10.1 Å². The number of hydrogen-bond acceptors (Lipinski definition) is 4. The lowest BCUT2D eigenvalue weighted by atomic mass is 10.1. The number of aryl methyl sites for hydroxylation is 1. The molecule has 0 unspecified atom stereocenters. The number of methoxy groups -OCH3 is 1. The zero-order valence-corrected chi connectivity index (χ0v) is 12.6. The second-order valence-corrected chi connectivity index (χ2v) is 4.99. The fourth-order valence-electron chi connectivity index (χ4n) is 2.13. The van der Waals surface area contributed by atoms with Crippen LogP contribution in [0.2, 0.25) is 0 Å². The van der Waals surface area contributed by atoms with Crippen molar-refractivity contribution in [3.8, 4) is 17.0 Å². The van der Waals surface area contributed by atoms with E-state index in [2.05, 4.69) is 22.2 Å². The van der Waals surface area contributed by atoms with Crippen molar-refractivity contribution in [3.05, 3.63) is 66.4 Å². The fraction of sp³-hybridized carbons (Fsp3) is 0.111. The topological polar surface area (TPSA) is 47.0 Å². The zero-order valence-electron chi connectivity index (χ0n) is 12.6. The zero-order chi connectivity index (χ0) is 15.4. The molecule has 110 valence electrons. The second-order valence-electron chi connectivity index (χ2n) is 4.99. The fourth-order valence-corrected chi connectivity index (χ4v) is 2.13. The summed E-state index contributed by atoms with van der Waals surface area (Å²) in [5.41, 5.74) is 4.03. The molecular formula is C18H17N3O. The Labute approximate surface area is 129 Å². The Kier molecular flexibility index (Phi) is 4.01. The normalized spacial score (nSPS) is 10.3. The van der Waals surface area contributed by atoms with Gasteiger partial charge in [0.2, 0.25) is 5.95 Å². The van der Waals surface area contributed by atoms with E-state index in [0.717, 1.165) is 22.7 Å². The molecule has 1 heterocycles. The van der Waals surface area contributed by atoms with Gasteiger partial charge in [0.25, 0.3) is 0 Å². The summed E-state index contributed by atoms with van der Waals surface area (Å²) < 4.78 is 5.25. The Morgan fingerprint density at radius 3 is 2.59 bits per heavy atom. The number of benzene rings is 2. The summed E-state index contributed by atoms with van der Waals surface area (Å²) >= 11 is 0. The molecule has 0 fully saturated rings. The molecule has 3 aromatic rings. The van der Waals surface area contributed by atoms with Crippen LogP contribution in [0.3, 0.4) is 0 Å². The van der Waals surface area contributed by atoms with Crippen LogP contribution >= 0.6 is 0 Å². The Balaban J connectivity index is 1.87. The summed E-state index contributed by atoms with van der Waals surface area (Å²) in [6, 6.07) is 17.8. The van der Waals surface area contributed by atoms with E-state index in [-0.39, 0.29) is 0 Å². The number of ether oxygens (including phenoxy) is 1. The van der Waals surface area contributed by atoms with Crippen LogP contribution in [0.1, 0.15) is 5.56 Å². The lowest BCUT2D eigenvalue weighted by Gasteiger charge is -2.08. The minimum absolute atomic E-state index is 0.573. The molecule has 22 heavy (non-hydrogen) atoms. The van der Waals surface area contributed by atoms with Crippen molar-refractivity contribution in [1.82, 2.24) is 9.97 Å². The van der Waals surface area contributed by atoms with Crippen LogP contribution in [-0.4, -0.2) is 17.1 Å². The highest BCUT2D eigenvalue weighted by molar-refractivity contribution is 5.63. The number of aromatic nitrogens is 2. The molecule has 0 spiro atoms. The molecule has 1 aromatic heterocycles. The minimum atomic E-state index is 0.573. The van der Waals surface area contributed by atoms with E-state index in [1.807, 2.05) is 54.6 Å². The number of nitrogens with one attached hydrogen (secondary N) is 1. The molecule has 2 aromatic carbocycles. The summed E-state index contributed by atoms with van der Waals surface area (Å²) in [6.45, 7) is 2.06. The largest absolute Gasteiger partial charge is 0.497 e. The summed E-state index contributed by atoms with van der Waals surface area (Å²) in [5, 5.41) is 3.22. The standard InChI is InChI=1S/C18H17N3O/c1-13-6-8-15(9-7-13)20-18-19-11-10-17(21-18)14-4-3-5-16(12-14)22-2/h3-12H,1-2H3,(H,19,20,21). The molecule has 3 rings (SSSR count). The third-order valence-electron chi connectivity index (χ3n) is 3.33. The van der Waals surface area contributed by atoms with Gasteiger partial charge in [0.1, 0.15) is 5.75 Å².